The maximum atomic E-state index is 12.9. The topological polar surface area (TPSA) is 78.1 Å². The van der Waals surface area contributed by atoms with Crippen molar-refractivity contribution in [1.29, 1.82) is 0 Å². The van der Waals surface area contributed by atoms with E-state index in [9.17, 15) is 9.59 Å². The predicted molar refractivity (Wildman–Crippen MR) is 103 cm³/mol. The first-order valence-corrected chi connectivity index (χ1v) is 9.61. The number of nitrogens with zero attached hydrogens (tertiary/aromatic N) is 2. The summed E-state index contributed by atoms with van der Waals surface area (Å²) in [6, 6.07) is 7.42. The second-order valence-electron chi connectivity index (χ2n) is 6.88. The Balaban J connectivity index is 1.81. The molecule has 0 radical (unpaired) electrons. The molecule has 1 aromatic heterocycles. The van der Waals surface area contributed by atoms with Crippen LogP contribution in [-0.4, -0.2) is 39.8 Å². The second-order valence-corrected chi connectivity index (χ2v) is 7.80. The molecular formula is C19H23BrN4O2. The van der Waals surface area contributed by atoms with Crippen molar-refractivity contribution in [1.82, 2.24) is 20.2 Å². The summed E-state index contributed by atoms with van der Waals surface area (Å²) in [6.45, 7) is 4.55. The summed E-state index contributed by atoms with van der Waals surface area (Å²) in [5.74, 6) is 0.780. The molecule has 0 saturated carbocycles. The standard InChI is InChI=1S/C19H23BrN4O2/c1-12(2)17(22-11-25)19(26)24-9-3-4-16(24)18-21-10-15(23-18)13-5-7-14(20)8-6-13/h5-8,10-12,16-17H,3-4,9H2,1-2H3,(H,21,23)(H,22,25)/t16-,17-/m0/s1. The van der Waals surface area contributed by atoms with E-state index in [1.807, 2.05) is 49.2 Å². The quantitative estimate of drug-likeness (QED) is 0.706. The number of aromatic amines is 1. The zero-order chi connectivity index (χ0) is 18.7. The van der Waals surface area contributed by atoms with Crippen LogP contribution >= 0.6 is 15.9 Å². The molecule has 0 aliphatic carbocycles. The van der Waals surface area contributed by atoms with Gasteiger partial charge < -0.3 is 15.2 Å². The van der Waals surface area contributed by atoms with Crippen LogP contribution in [0.3, 0.4) is 0 Å². The first-order valence-electron chi connectivity index (χ1n) is 8.82. The van der Waals surface area contributed by atoms with Crippen molar-refractivity contribution in [3.05, 3.63) is 40.8 Å². The number of carbonyl (C=O) groups is 2. The lowest BCUT2D eigenvalue weighted by atomic mass is 10.0. The predicted octanol–water partition coefficient (Wildman–Crippen LogP) is 3.27. The number of benzene rings is 1. The van der Waals surface area contributed by atoms with Crippen molar-refractivity contribution in [3.63, 3.8) is 0 Å². The number of H-pyrrole nitrogens is 1. The number of hydrogen-bond donors (Lipinski definition) is 2. The smallest absolute Gasteiger partial charge is 0.246 e. The van der Waals surface area contributed by atoms with Gasteiger partial charge in [-0.25, -0.2) is 4.98 Å². The molecular weight excluding hydrogens is 396 g/mol. The molecule has 1 saturated heterocycles. The minimum atomic E-state index is -0.506. The molecule has 1 aliphatic rings. The van der Waals surface area contributed by atoms with Crippen molar-refractivity contribution in [2.45, 2.75) is 38.8 Å². The highest BCUT2D eigenvalue weighted by atomic mass is 79.9. The molecule has 7 heteroatoms. The van der Waals surface area contributed by atoms with Gasteiger partial charge in [-0.15, -0.1) is 0 Å². The van der Waals surface area contributed by atoms with Gasteiger partial charge >= 0.3 is 0 Å². The van der Waals surface area contributed by atoms with E-state index >= 15 is 0 Å². The Morgan fingerprint density at radius 3 is 2.77 bits per heavy atom. The molecule has 2 aromatic rings. The highest BCUT2D eigenvalue weighted by Crippen LogP contribution is 2.32. The third-order valence-corrected chi connectivity index (χ3v) is 5.31. The molecule has 26 heavy (non-hydrogen) atoms. The summed E-state index contributed by atoms with van der Waals surface area (Å²) in [5.41, 5.74) is 1.98. The number of halogens is 1. The fraction of sp³-hybridized carbons (Fsp3) is 0.421. The summed E-state index contributed by atoms with van der Waals surface area (Å²) < 4.78 is 1.02. The molecule has 2 N–H and O–H groups in total. The number of rotatable bonds is 6. The van der Waals surface area contributed by atoms with Crippen LogP contribution in [-0.2, 0) is 9.59 Å². The average molecular weight is 419 g/mol. The number of hydrogen-bond acceptors (Lipinski definition) is 3. The van der Waals surface area contributed by atoms with E-state index in [0.29, 0.717) is 13.0 Å². The minimum absolute atomic E-state index is 0.0314. The van der Waals surface area contributed by atoms with Crippen LogP contribution in [0.15, 0.2) is 34.9 Å². The number of aromatic nitrogens is 2. The molecule has 138 valence electrons. The fourth-order valence-electron chi connectivity index (χ4n) is 3.40. The van der Waals surface area contributed by atoms with E-state index in [4.69, 9.17) is 0 Å². The Kier molecular flexibility index (Phi) is 5.76. The summed E-state index contributed by atoms with van der Waals surface area (Å²) in [6.07, 6.45) is 4.21. The van der Waals surface area contributed by atoms with Gasteiger partial charge in [0, 0.05) is 11.0 Å². The average Bonchev–Trinajstić information content (AvgIpc) is 3.28. The third kappa shape index (κ3) is 3.82. The van der Waals surface area contributed by atoms with E-state index in [2.05, 4.69) is 31.2 Å². The molecule has 1 aliphatic heterocycles. The molecule has 3 rings (SSSR count). The maximum absolute atomic E-state index is 12.9. The summed E-state index contributed by atoms with van der Waals surface area (Å²) in [7, 11) is 0. The number of carbonyl (C=O) groups excluding carboxylic acids is 2. The van der Waals surface area contributed by atoms with Crippen molar-refractivity contribution < 1.29 is 9.59 Å². The minimum Gasteiger partial charge on any atom is -0.347 e. The monoisotopic (exact) mass is 418 g/mol. The second kappa shape index (κ2) is 8.03. The van der Waals surface area contributed by atoms with Crippen LogP contribution in [0, 0.1) is 5.92 Å². The van der Waals surface area contributed by atoms with Gasteiger partial charge in [0.1, 0.15) is 11.9 Å². The Hall–Kier alpha value is -2.15. The van der Waals surface area contributed by atoms with Crippen molar-refractivity contribution in [2.75, 3.05) is 6.54 Å². The highest BCUT2D eigenvalue weighted by molar-refractivity contribution is 9.10. The molecule has 1 aromatic carbocycles. The van der Waals surface area contributed by atoms with Gasteiger partial charge in [-0.05, 0) is 36.5 Å². The van der Waals surface area contributed by atoms with Crippen molar-refractivity contribution in [3.8, 4) is 11.3 Å². The Labute approximate surface area is 161 Å². The molecule has 2 amide bonds. The summed E-state index contributed by atoms with van der Waals surface area (Å²) in [4.78, 5) is 33.5. The van der Waals surface area contributed by atoms with E-state index < -0.39 is 6.04 Å². The highest BCUT2D eigenvalue weighted by Gasteiger charge is 2.36. The largest absolute Gasteiger partial charge is 0.347 e. The lowest BCUT2D eigenvalue weighted by molar-refractivity contribution is -0.137. The molecule has 0 unspecified atom stereocenters. The maximum Gasteiger partial charge on any atom is 0.246 e. The van der Waals surface area contributed by atoms with E-state index in [0.717, 1.165) is 34.4 Å². The van der Waals surface area contributed by atoms with Gasteiger partial charge in [0.25, 0.3) is 0 Å². The van der Waals surface area contributed by atoms with Crippen molar-refractivity contribution >= 4 is 28.2 Å². The number of nitrogens with one attached hydrogen (secondary N) is 2. The summed E-state index contributed by atoms with van der Waals surface area (Å²) >= 11 is 3.44. The lowest BCUT2D eigenvalue weighted by Crippen LogP contribution is -2.48. The van der Waals surface area contributed by atoms with Crippen LogP contribution < -0.4 is 5.32 Å². The zero-order valence-electron chi connectivity index (χ0n) is 14.9. The van der Waals surface area contributed by atoms with E-state index in [1.54, 1.807) is 0 Å². The normalized spacial score (nSPS) is 18.2. The van der Waals surface area contributed by atoms with Gasteiger partial charge in [0.2, 0.25) is 12.3 Å². The SMILES string of the molecule is CC(C)[C@H](NC=O)C(=O)N1CCC[C@H]1c1ncc(-c2ccc(Br)cc2)[nH]1. The fourth-order valence-corrected chi connectivity index (χ4v) is 3.66. The Morgan fingerprint density at radius 2 is 2.12 bits per heavy atom. The zero-order valence-corrected chi connectivity index (χ0v) is 16.5. The van der Waals surface area contributed by atoms with E-state index in [-0.39, 0.29) is 17.9 Å². The van der Waals surface area contributed by atoms with E-state index in [1.165, 1.54) is 0 Å². The Bertz CT molecular complexity index is 772. The van der Waals surface area contributed by atoms with Gasteiger partial charge in [0.05, 0.1) is 17.9 Å². The molecule has 2 heterocycles. The van der Waals surface area contributed by atoms with Crippen molar-refractivity contribution in [2.24, 2.45) is 5.92 Å². The number of likely N-dealkylation sites (tertiary alicyclic amines) is 1. The lowest BCUT2D eigenvalue weighted by Gasteiger charge is -2.29. The molecule has 0 bridgehead atoms. The Morgan fingerprint density at radius 1 is 1.38 bits per heavy atom. The first kappa shape index (κ1) is 18.6. The van der Waals surface area contributed by atoms with Gasteiger partial charge in [-0.1, -0.05) is 41.9 Å². The van der Waals surface area contributed by atoms with Gasteiger partial charge in [-0.3, -0.25) is 9.59 Å². The number of imidazole rings is 1. The van der Waals surface area contributed by atoms with Gasteiger partial charge in [0.15, 0.2) is 0 Å². The third-order valence-electron chi connectivity index (χ3n) is 4.78. The van der Waals surface area contributed by atoms with Crippen LogP contribution in [0.1, 0.15) is 38.6 Å². The molecule has 0 spiro atoms. The summed E-state index contributed by atoms with van der Waals surface area (Å²) in [5, 5.41) is 2.66. The first-order chi connectivity index (χ1) is 12.5. The van der Waals surface area contributed by atoms with Crippen LogP contribution in [0.2, 0.25) is 0 Å². The van der Waals surface area contributed by atoms with Gasteiger partial charge in [-0.2, -0.15) is 0 Å². The number of amides is 2. The molecule has 1 fully saturated rings. The molecule has 6 nitrogen and oxygen atoms in total. The van der Waals surface area contributed by atoms with Crippen LogP contribution in [0.4, 0.5) is 0 Å². The molecule has 2 atom stereocenters. The van der Waals surface area contributed by atoms with Crippen LogP contribution in [0.25, 0.3) is 11.3 Å². The van der Waals surface area contributed by atoms with Crippen LogP contribution in [0.5, 0.6) is 0 Å².